The molecular weight excluding hydrogens is 262 g/mol. The minimum Gasteiger partial charge on any atom is -0.458 e. The summed E-state index contributed by atoms with van der Waals surface area (Å²) in [6, 6.07) is -0.458. The van der Waals surface area contributed by atoms with Gasteiger partial charge in [-0.05, 0) is 12.8 Å². The summed E-state index contributed by atoms with van der Waals surface area (Å²) in [6.45, 7) is 2.96. The Balaban J connectivity index is 1.92. The van der Waals surface area contributed by atoms with Gasteiger partial charge in [0.15, 0.2) is 0 Å². The van der Waals surface area contributed by atoms with Gasteiger partial charge in [0, 0.05) is 13.1 Å². The average molecular weight is 285 g/mol. The highest BCUT2D eigenvalue weighted by Gasteiger charge is 2.49. The van der Waals surface area contributed by atoms with Crippen LogP contribution in [-0.2, 0) is 9.53 Å². The number of ether oxygens (including phenoxy) is 1. The molecule has 0 radical (unpaired) electrons. The number of carbonyl (C=O) groups is 1. The lowest BCUT2D eigenvalue weighted by Gasteiger charge is -2.42. The van der Waals surface area contributed by atoms with Gasteiger partial charge in [-0.15, -0.1) is 0 Å². The van der Waals surface area contributed by atoms with Crippen molar-refractivity contribution in [3.05, 3.63) is 12.2 Å². The number of hydrogen-bond donors (Lipinski definition) is 3. The van der Waals surface area contributed by atoms with E-state index < -0.39 is 36.4 Å². The largest absolute Gasteiger partial charge is 0.458 e. The number of hydrogen-bond acceptors (Lipinski definition) is 6. The second-order valence-electron chi connectivity index (χ2n) is 5.43. The number of fused-ring (bicyclic) bond motifs is 1. The van der Waals surface area contributed by atoms with E-state index in [1.807, 2.05) is 17.9 Å². The summed E-state index contributed by atoms with van der Waals surface area (Å²) >= 11 is 0. The summed E-state index contributed by atoms with van der Waals surface area (Å²) in [5.74, 6) is -0.413. The Bertz CT molecular complexity index is 373. The molecule has 6 heteroatoms. The van der Waals surface area contributed by atoms with Crippen molar-refractivity contribution in [3.8, 4) is 0 Å². The molecule has 0 bridgehead atoms. The van der Waals surface area contributed by atoms with Gasteiger partial charge in [0.1, 0.15) is 18.3 Å². The number of esters is 1. The van der Waals surface area contributed by atoms with E-state index in [-0.39, 0.29) is 6.42 Å². The van der Waals surface area contributed by atoms with Gasteiger partial charge in [0.25, 0.3) is 0 Å². The summed E-state index contributed by atoms with van der Waals surface area (Å²) in [5.41, 5.74) is 0. The highest BCUT2D eigenvalue weighted by Crippen LogP contribution is 2.29. The maximum Gasteiger partial charge on any atom is 0.310 e. The van der Waals surface area contributed by atoms with Gasteiger partial charge in [-0.2, -0.15) is 0 Å². The van der Waals surface area contributed by atoms with Crippen molar-refractivity contribution >= 4 is 5.97 Å². The van der Waals surface area contributed by atoms with E-state index in [0.717, 1.165) is 6.42 Å². The molecule has 0 aromatic carbocycles. The van der Waals surface area contributed by atoms with Gasteiger partial charge >= 0.3 is 5.97 Å². The van der Waals surface area contributed by atoms with Crippen LogP contribution in [0.2, 0.25) is 0 Å². The van der Waals surface area contributed by atoms with Crippen molar-refractivity contribution in [2.24, 2.45) is 0 Å². The van der Waals surface area contributed by atoms with Crippen molar-refractivity contribution in [2.45, 2.75) is 56.6 Å². The number of aliphatic hydroxyl groups excluding tert-OH is 3. The number of aliphatic hydroxyl groups is 3. The highest BCUT2D eigenvalue weighted by atomic mass is 16.6. The van der Waals surface area contributed by atoms with Gasteiger partial charge in [0.2, 0.25) is 0 Å². The molecular formula is C14H23NO5. The van der Waals surface area contributed by atoms with Crippen molar-refractivity contribution < 1.29 is 24.9 Å². The molecule has 0 saturated carbocycles. The Hall–Kier alpha value is -0.950. The smallest absolute Gasteiger partial charge is 0.310 e. The molecule has 0 aromatic rings. The van der Waals surface area contributed by atoms with E-state index in [0.29, 0.717) is 19.5 Å². The standard InChI is InChI=1S/C14H23NO5/c1-2-3-4-5-11(17)20-10-8-15-7-6-9(16)12(15)14(19)13(10)18/h3-4,9-10,12-14,16,18-19H,2,5-8H2,1H3/b4-3-/t9-,10-,12?,13+,14+/m0/s1. The van der Waals surface area contributed by atoms with E-state index in [1.54, 1.807) is 6.08 Å². The number of carbonyl (C=O) groups excluding carboxylic acids is 1. The molecule has 2 aliphatic rings. The second kappa shape index (κ2) is 6.67. The summed E-state index contributed by atoms with van der Waals surface area (Å²) in [6.07, 6.45) is 1.57. The fourth-order valence-electron chi connectivity index (χ4n) is 2.95. The van der Waals surface area contributed by atoms with Gasteiger partial charge in [0.05, 0.1) is 18.6 Å². The Morgan fingerprint density at radius 3 is 2.75 bits per heavy atom. The molecule has 114 valence electrons. The highest BCUT2D eigenvalue weighted by molar-refractivity contribution is 5.71. The van der Waals surface area contributed by atoms with Crippen molar-refractivity contribution in [1.82, 2.24) is 4.90 Å². The summed E-state index contributed by atoms with van der Waals surface area (Å²) in [7, 11) is 0. The third kappa shape index (κ3) is 3.20. The molecule has 2 rings (SSSR count). The normalized spacial score (nSPS) is 38.1. The summed E-state index contributed by atoms with van der Waals surface area (Å²) in [4.78, 5) is 13.5. The van der Waals surface area contributed by atoms with Crippen molar-refractivity contribution in [3.63, 3.8) is 0 Å². The van der Waals surface area contributed by atoms with Crippen LogP contribution in [0.1, 0.15) is 26.2 Å². The molecule has 0 spiro atoms. The van der Waals surface area contributed by atoms with Crippen LogP contribution in [0.4, 0.5) is 0 Å². The fourth-order valence-corrected chi connectivity index (χ4v) is 2.95. The van der Waals surface area contributed by atoms with Crippen molar-refractivity contribution in [2.75, 3.05) is 13.1 Å². The zero-order chi connectivity index (χ0) is 14.7. The first kappa shape index (κ1) is 15.4. The molecule has 1 unspecified atom stereocenters. The van der Waals surface area contributed by atoms with Crippen LogP contribution < -0.4 is 0 Å². The Labute approximate surface area is 118 Å². The Kier molecular flexibility index (Phi) is 5.15. The molecule has 2 saturated heterocycles. The number of piperidine rings is 1. The van der Waals surface area contributed by atoms with Gasteiger partial charge in [-0.25, -0.2) is 0 Å². The molecule has 20 heavy (non-hydrogen) atoms. The summed E-state index contributed by atoms with van der Waals surface area (Å²) in [5, 5.41) is 29.9. The monoisotopic (exact) mass is 285 g/mol. The first-order valence-corrected chi connectivity index (χ1v) is 7.17. The molecule has 2 fully saturated rings. The summed E-state index contributed by atoms with van der Waals surface area (Å²) < 4.78 is 5.24. The lowest BCUT2D eigenvalue weighted by molar-refractivity contribution is -0.178. The average Bonchev–Trinajstić information content (AvgIpc) is 2.77. The zero-order valence-corrected chi connectivity index (χ0v) is 11.7. The molecule has 6 nitrogen and oxygen atoms in total. The number of allylic oxidation sites excluding steroid dienone is 1. The number of nitrogens with zero attached hydrogens (tertiary/aromatic N) is 1. The molecule has 5 atom stereocenters. The number of rotatable bonds is 4. The maximum atomic E-state index is 11.7. The van der Waals surface area contributed by atoms with Crippen LogP contribution in [0.3, 0.4) is 0 Å². The van der Waals surface area contributed by atoms with E-state index in [4.69, 9.17) is 4.74 Å². The van der Waals surface area contributed by atoms with Gasteiger partial charge < -0.3 is 20.1 Å². The SMILES string of the molecule is CC/C=C\CC(=O)O[C@H]1CN2CC[C@H](O)C2[C@@H](O)[C@@H]1O. The molecule has 0 amide bonds. The van der Waals surface area contributed by atoms with Crippen LogP contribution in [0, 0.1) is 0 Å². The predicted octanol–water partition coefficient (Wildman–Crippen LogP) is -0.575. The van der Waals surface area contributed by atoms with Crippen molar-refractivity contribution in [1.29, 1.82) is 0 Å². The first-order chi connectivity index (χ1) is 9.54. The lowest BCUT2D eigenvalue weighted by Crippen LogP contribution is -2.62. The van der Waals surface area contributed by atoms with Crippen LogP contribution >= 0.6 is 0 Å². The van der Waals surface area contributed by atoms with Gasteiger partial charge in [-0.3, -0.25) is 9.69 Å². The van der Waals surface area contributed by atoms with Crippen LogP contribution in [-0.4, -0.2) is 69.7 Å². The maximum absolute atomic E-state index is 11.7. The van der Waals surface area contributed by atoms with Crippen LogP contribution in [0.25, 0.3) is 0 Å². The topological polar surface area (TPSA) is 90.2 Å². The fraction of sp³-hybridized carbons (Fsp3) is 0.786. The van der Waals surface area contributed by atoms with E-state index in [1.165, 1.54) is 0 Å². The second-order valence-corrected chi connectivity index (χ2v) is 5.43. The third-order valence-electron chi connectivity index (χ3n) is 3.99. The van der Waals surface area contributed by atoms with Gasteiger partial charge in [-0.1, -0.05) is 19.1 Å². The minimum atomic E-state index is -1.15. The molecule has 2 heterocycles. The van der Waals surface area contributed by atoms with Crippen LogP contribution in [0.5, 0.6) is 0 Å². The van der Waals surface area contributed by atoms with E-state index in [9.17, 15) is 20.1 Å². The van der Waals surface area contributed by atoms with Crippen LogP contribution in [0.15, 0.2) is 12.2 Å². The Morgan fingerprint density at radius 1 is 1.30 bits per heavy atom. The molecule has 0 aliphatic carbocycles. The first-order valence-electron chi connectivity index (χ1n) is 7.17. The molecule has 0 aromatic heterocycles. The molecule has 3 N–H and O–H groups in total. The van der Waals surface area contributed by atoms with E-state index in [2.05, 4.69) is 0 Å². The predicted molar refractivity (Wildman–Crippen MR) is 71.9 cm³/mol. The molecule has 2 aliphatic heterocycles. The Morgan fingerprint density at radius 2 is 2.05 bits per heavy atom. The quantitative estimate of drug-likeness (QED) is 0.473. The van der Waals surface area contributed by atoms with E-state index >= 15 is 0 Å². The third-order valence-corrected chi connectivity index (χ3v) is 3.99. The lowest BCUT2D eigenvalue weighted by atomic mass is 9.93. The zero-order valence-electron chi connectivity index (χ0n) is 11.7. The minimum absolute atomic E-state index is 0.166.